The molecule has 1 heterocycles. The molecular formula is C31H43Cl3FN3O6S2. The van der Waals surface area contributed by atoms with Crippen LogP contribution >= 0.6 is 58.1 Å². The van der Waals surface area contributed by atoms with Gasteiger partial charge in [-0.2, -0.15) is 4.31 Å². The Hall–Kier alpha value is -2.61. The van der Waals surface area contributed by atoms with E-state index in [1.807, 2.05) is 34.5 Å². The first kappa shape index (κ1) is 45.5. The van der Waals surface area contributed by atoms with E-state index in [1.165, 1.54) is 23.8 Å². The highest BCUT2D eigenvalue weighted by atomic mass is 35.5. The number of carboxylic acid groups (broad SMARTS) is 1. The van der Waals surface area contributed by atoms with Gasteiger partial charge in [-0.1, -0.05) is 50.9 Å². The van der Waals surface area contributed by atoms with Crippen molar-refractivity contribution in [3.8, 4) is 11.5 Å². The van der Waals surface area contributed by atoms with E-state index in [0.717, 1.165) is 27.9 Å². The molecule has 0 unspecified atom stereocenters. The molecule has 0 bridgehead atoms. The van der Waals surface area contributed by atoms with Crippen molar-refractivity contribution < 1.29 is 33.4 Å². The number of rotatable bonds is 11. The summed E-state index contributed by atoms with van der Waals surface area (Å²) in [6, 6.07) is 7.54. The number of aromatic nitrogens is 1. The van der Waals surface area contributed by atoms with E-state index < -0.39 is 23.5 Å². The Morgan fingerprint density at radius 1 is 1.09 bits per heavy atom. The highest BCUT2D eigenvalue weighted by Gasteiger charge is 2.27. The van der Waals surface area contributed by atoms with Gasteiger partial charge in [-0.25, -0.2) is 14.2 Å². The van der Waals surface area contributed by atoms with Gasteiger partial charge in [-0.3, -0.25) is 4.79 Å². The number of thiazole rings is 1. The Morgan fingerprint density at radius 2 is 1.72 bits per heavy atom. The normalized spacial score (nSPS) is 9.83. The molecule has 258 valence electrons. The lowest BCUT2D eigenvalue weighted by atomic mass is 10.1. The molecule has 0 aliphatic heterocycles. The molecule has 0 spiro atoms. The second-order valence-electron chi connectivity index (χ2n) is 8.95. The van der Waals surface area contributed by atoms with Gasteiger partial charge in [-0.05, 0) is 70.0 Å². The van der Waals surface area contributed by atoms with Gasteiger partial charge >= 0.3 is 12.1 Å². The molecular weight excluding hydrogens is 700 g/mol. The summed E-state index contributed by atoms with van der Waals surface area (Å²) >= 11 is 19.3. The SMILES string of the molecule is C=O.CC.CC.CC(C)(C)OC(=O)N(Sc1cc(Cl)c(Oc2ccc(Cl)cc2CCCNCC(=O)O)cc1F)c1cscn1.CCl. The monoisotopic (exact) mass is 741 g/mol. The van der Waals surface area contributed by atoms with Crippen LogP contribution in [0.15, 0.2) is 46.1 Å². The van der Waals surface area contributed by atoms with Crippen molar-refractivity contribution in [3.63, 3.8) is 0 Å². The smallest absolute Gasteiger partial charge is 0.426 e. The Kier molecular flexibility index (Phi) is 25.2. The van der Waals surface area contributed by atoms with Crippen molar-refractivity contribution in [3.05, 3.63) is 62.6 Å². The number of anilines is 1. The molecule has 3 aromatic rings. The van der Waals surface area contributed by atoms with Crippen LogP contribution in [0.5, 0.6) is 11.5 Å². The Morgan fingerprint density at radius 3 is 2.26 bits per heavy atom. The number of carbonyl (C=O) groups is 3. The number of hydrogen-bond acceptors (Lipinski definition) is 9. The maximum absolute atomic E-state index is 15.2. The van der Waals surface area contributed by atoms with Crippen LogP contribution in [0.3, 0.4) is 0 Å². The average molecular weight is 743 g/mol. The van der Waals surface area contributed by atoms with Gasteiger partial charge in [0.05, 0.1) is 22.0 Å². The molecule has 0 saturated carbocycles. The molecule has 46 heavy (non-hydrogen) atoms. The molecule has 0 saturated heterocycles. The Bertz CT molecular complexity index is 1300. The molecule has 1 amide bonds. The van der Waals surface area contributed by atoms with E-state index >= 15 is 4.39 Å². The summed E-state index contributed by atoms with van der Waals surface area (Å²) in [7, 11) is 0. The summed E-state index contributed by atoms with van der Waals surface area (Å²) in [5.74, 6) is -0.776. The molecule has 2 aromatic carbocycles. The van der Waals surface area contributed by atoms with Crippen LogP contribution in [0.25, 0.3) is 0 Å². The molecule has 0 radical (unpaired) electrons. The summed E-state index contributed by atoms with van der Waals surface area (Å²) in [4.78, 5) is 35.7. The number of ether oxygens (including phenoxy) is 2. The fraction of sp³-hybridized carbons (Fsp3) is 0.419. The van der Waals surface area contributed by atoms with Crippen LogP contribution in [0.2, 0.25) is 10.0 Å². The fourth-order valence-corrected chi connectivity index (χ4v) is 4.97. The number of nitrogens with one attached hydrogen (secondary N) is 1. The topological polar surface area (TPSA) is 118 Å². The molecule has 0 aliphatic carbocycles. The van der Waals surface area contributed by atoms with Gasteiger partial charge in [0.1, 0.15) is 29.7 Å². The molecule has 1 aromatic heterocycles. The third-order valence-corrected chi connectivity index (χ3v) is 6.81. The number of hydrogen-bond donors (Lipinski definition) is 2. The van der Waals surface area contributed by atoms with Crippen molar-refractivity contribution in [2.45, 2.75) is 71.8 Å². The summed E-state index contributed by atoms with van der Waals surface area (Å²) in [6.07, 6.45) is 1.93. The summed E-state index contributed by atoms with van der Waals surface area (Å²) in [6.45, 7) is 15.5. The van der Waals surface area contributed by atoms with Gasteiger partial charge in [0.15, 0.2) is 5.82 Å². The maximum atomic E-state index is 15.2. The predicted molar refractivity (Wildman–Crippen MR) is 190 cm³/mol. The zero-order valence-corrected chi connectivity index (χ0v) is 31.2. The van der Waals surface area contributed by atoms with E-state index in [1.54, 1.807) is 49.9 Å². The van der Waals surface area contributed by atoms with Gasteiger partial charge in [0, 0.05) is 34.8 Å². The second kappa shape index (κ2) is 25.5. The average Bonchev–Trinajstić information content (AvgIpc) is 3.57. The highest BCUT2D eigenvalue weighted by Crippen LogP contribution is 2.39. The number of benzene rings is 2. The summed E-state index contributed by atoms with van der Waals surface area (Å²) in [5, 5.41) is 13.8. The lowest BCUT2D eigenvalue weighted by Crippen LogP contribution is -2.32. The van der Waals surface area contributed by atoms with Gasteiger partial charge in [0.25, 0.3) is 0 Å². The predicted octanol–water partition coefficient (Wildman–Crippen LogP) is 10.2. The molecule has 0 fully saturated rings. The summed E-state index contributed by atoms with van der Waals surface area (Å²) < 4.78 is 27.8. The van der Waals surface area contributed by atoms with E-state index in [4.69, 9.17) is 42.6 Å². The first-order valence-corrected chi connectivity index (χ1v) is 17.3. The summed E-state index contributed by atoms with van der Waals surface area (Å²) in [5.41, 5.74) is 1.55. The second-order valence-corrected chi connectivity index (χ2v) is 11.5. The number of aryl methyl sites for hydroxylation is 1. The molecule has 0 atom stereocenters. The highest BCUT2D eigenvalue weighted by molar-refractivity contribution is 8.01. The minimum Gasteiger partial charge on any atom is -0.480 e. The van der Waals surface area contributed by atoms with Crippen LogP contribution in [0, 0.1) is 5.82 Å². The zero-order chi connectivity index (χ0) is 35.9. The molecule has 9 nitrogen and oxygen atoms in total. The number of alkyl halides is 1. The number of aliphatic carboxylic acids is 1. The Balaban J connectivity index is 0. The van der Waals surface area contributed by atoms with E-state index in [2.05, 4.69) is 21.9 Å². The van der Waals surface area contributed by atoms with Crippen LogP contribution in [-0.4, -0.2) is 54.0 Å². The minimum atomic E-state index is -0.934. The molecule has 3 rings (SSSR count). The number of nitrogens with zero attached hydrogens (tertiary/aromatic N) is 2. The van der Waals surface area contributed by atoms with Crippen LogP contribution in [0.1, 0.15) is 60.5 Å². The lowest BCUT2D eigenvalue weighted by Gasteiger charge is -2.25. The van der Waals surface area contributed by atoms with E-state index in [9.17, 15) is 9.59 Å². The number of carbonyl (C=O) groups excluding carboxylic acids is 2. The van der Waals surface area contributed by atoms with E-state index in [-0.39, 0.29) is 22.2 Å². The van der Waals surface area contributed by atoms with Crippen molar-refractivity contribution in [1.29, 1.82) is 0 Å². The number of halogens is 4. The maximum Gasteiger partial charge on any atom is 0.426 e. The standard InChI is InChI=1S/C25H26Cl2FN3O5S2.2C2H6.CH3Cl.CH2O/c1-25(2,3)36-24(34)31(22-13-37-14-30-22)38-21-10-17(27)20(11-18(21)28)35-19-7-6-16(26)9-15(19)5-4-8-29-12-23(32)33;4*1-2/h6-7,9-11,13-14,29H,4-5,8,12H2,1-3H3,(H,32,33);2*1-2H3;1H3;1H2. The lowest BCUT2D eigenvalue weighted by molar-refractivity contribution is -0.135. The van der Waals surface area contributed by atoms with Crippen LogP contribution in [0.4, 0.5) is 15.0 Å². The van der Waals surface area contributed by atoms with Gasteiger partial charge in [-0.15, -0.1) is 22.9 Å². The van der Waals surface area contributed by atoms with Crippen molar-refractivity contribution >= 4 is 82.8 Å². The van der Waals surface area contributed by atoms with Crippen molar-refractivity contribution in [2.24, 2.45) is 0 Å². The van der Waals surface area contributed by atoms with Crippen molar-refractivity contribution in [2.75, 3.05) is 23.8 Å². The van der Waals surface area contributed by atoms with Gasteiger partial charge in [0.2, 0.25) is 0 Å². The number of carboxylic acids is 1. The van der Waals surface area contributed by atoms with Crippen LogP contribution in [-0.2, 0) is 20.7 Å². The number of amides is 1. The first-order valence-electron chi connectivity index (χ1n) is 14.1. The molecule has 15 heteroatoms. The zero-order valence-electron chi connectivity index (χ0n) is 27.3. The minimum absolute atomic E-state index is 0.0713. The quantitative estimate of drug-likeness (QED) is 0.112. The van der Waals surface area contributed by atoms with Gasteiger partial charge < -0.3 is 24.7 Å². The third-order valence-electron chi connectivity index (χ3n) is 4.68. The molecule has 0 aliphatic rings. The fourth-order valence-electron chi connectivity index (χ4n) is 3.10. The largest absolute Gasteiger partial charge is 0.480 e. The van der Waals surface area contributed by atoms with Crippen LogP contribution < -0.4 is 14.4 Å². The molecule has 2 N–H and O–H groups in total. The van der Waals surface area contributed by atoms with E-state index in [0.29, 0.717) is 36.0 Å². The third kappa shape index (κ3) is 17.3. The first-order chi connectivity index (χ1) is 21.9. The Labute approximate surface area is 294 Å². The van der Waals surface area contributed by atoms with Crippen molar-refractivity contribution in [1.82, 2.24) is 10.3 Å².